The van der Waals surface area contributed by atoms with Gasteiger partial charge in [-0.05, 0) is 48.9 Å². The van der Waals surface area contributed by atoms with Gasteiger partial charge >= 0.3 is 6.18 Å². The van der Waals surface area contributed by atoms with E-state index in [4.69, 9.17) is 16.3 Å². The van der Waals surface area contributed by atoms with Gasteiger partial charge in [0.05, 0.1) is 17.5 Å². The Labute approximate surface area is 191 Å². The van der Waals surface area contributed by atoms with Gasteiger partial charge in [-0.3, -0.25) is 10.1 Å². The highest BCUT2D eigenvalue weighted by Gasteiger charge is 2.30. The summed E-state index contributed by atoms with van der Waals surface area (Å²) in [7, 11) is 0. The number of halogens is 4. The number of ether oxygens (including phenoxy) is 1. The van der Waals surface area contributed by atoms with Crippen LogP contribution in [0, 0.1) is 6.92 Å². The number of benzene rings is 2. The number of rotatable bonds is 4. The number of fused-ring (bicyclic) bond motifs is 1. The van der Waals surface area contributed by atoms with Gasteiger partial charge < -0.3 is 4.74 Å². The van der Waals surface area contributed by atoms with Crippen LogP contribution in [0.4, 0.5) is 18.3 Å². The molecule has 0 spiro atoms. The Kier molecular flexibility index (Phi) is 6.08. The number of anilines is 1. The van der Waals surface area contributed by atoms with Gasteiger partial charge in [0.1, 0.15) is 5.75 Å². The molecular formula is C23H16ClF3N2O2S. The summed E-state index contributed by atoms with van der Waals surface area (Å²) in [5, 5.41) is 3.62. The van der Waals surface area contributed by atoms with Crippen LogP contribution in [0.3, 0.4) is 0 Å². The van der Waals surface area contributed by atoms with E-state index in [1.807, 2.05) is 0 Å². The molecule has 0 atom stereocenters. The number of carbonyl (C=O) groups is 1. The Balaban J connectivity index is 1.52. The summed E-state index contributed by atoms with van der Waals surface area (Å²) >= 11 is 7.26. The number of thiazole rings is 1. The maximum absolute atomic E-state index is 13.0. The van der Waals surface area contributed by atoms with E-state index < -0.39 is 17.6 Å². The minimum absolute atomic E-state index is 0.283. The Morgan fingerprint density at radius 3 is 2.81 bits per heavy atom. The van der Waals surface area contributed by atoms with Gasteiger partial charge in [0.15, 0.2) is 5.13 Å². The zero-order valence-electron chi connectivity index (χ0n) is 16.7. The first-order chi connectivity index (χ1) is 15.2. The van der Waals surface area contributed by atoms with E-state index in [1.165, 1.54) is 29.7 Å². The van der Waals surface area contributed by atoms with Crippen LogP contribution >= 0.6 is 22.9 Å². The molecule has 0 fully saturated rings. The van der Waals surface area contributed by atoms with Crippen LogP contribution in [0.25, 0.3) is 6.08 Å². The molecule has 2 aromatic carbocycles. The quantitative estimate of drug-likeness (QED) is 0.459. The van der Waals surface area contributed by atoms with Crippen molar-refractivity contribution in [2.45, 2.75) is 19.5 Å². The molecule has 4 nitrogen and oxygen atoms in total. The topological polar surface area (TPSA) is 51.2 Å². The first kappa shape index (κ1) is 22.1. The second-order valence-corrected chi connectivity index (χ2v) is 8.58. The third kappa shape index (κ3) is 5.03. The van der Waals surface area contributed by atoms with Crippen molar-refractivity contribution in [3.8, 4) is 5.75 Å². The Morgan fingerprint density at radius 2 is 2.03 bits per heavy atom. The second-order valence-electron chi connectivity index (χ2n) is 7.06. The maximum atomic E-state index is 13.0. The van der Waals surface area contributed by atoms with Gasteiger partial charge in [0.2, 0.25) is 0 Å². The molecule has 1 aliphatic heterocycles. The number of nitrogens with one attached hydrogen (secondary N) is 1. The van der Waals surface area contributed by atoms with Crippen molar-refractivity contribution in [3.05, 3.63) is 92.7 Å². The SMILES string of the molecule is Cc1nc(NC(=O)C2=Cc3cc(Cl)ccc3OC=C2)sc1Cc1cccc(C(F)(F)F)c1. The lowest BCUT2D eigenvalue weighted by atomic mass is 10.1. The van der Waals surface area contributed by atoms with Crippen LogP contribution in [0.2, 0.25) is 5.02 Å². The van der Waals surface area contributed by atoms with Crippen molar-refractivity contribution in [2.75, 3.05) is 5.32 Å². The number of alkyl halides is 3. The highest BCUT2D eigenvalue weighted by Crippen LogP contribution is 2.32. The second kappa shape index (κ2) is 8.80. The molecule has 1 N–H and O–H groups in total. The standard InChI is InChI=1S/C23H16ClF3N2O2S/c1-13-20(10-14-3-2-4-17(9-14)23(25,26)27)32-22(28-13)29-21(30)15-7-8-31-19-6-5-18(24)12-16(19)11-15/h2-9,11-12H,10H2,1H3,(H,28,29,30). The Bertz CT molecular complexity index is 1250. The van der Waals surface area contributed by atoms with E-state index in [9.17, 15) is 18.0 Å². The normalized spacial score (nSPS) is 13.1. The molecule has 3 aromatic rings. The number of carbonyl (C=O) groups excluding carboxylic acids is 1. The van der Waals surface area contributed by atoms with Gasteiger partial charge in [-0.1, -0.05) is 29.8 Å². The molecular weight excluding hydrogens is 461 g/mol. The van der Waals surface area contributed by atoms with Gasteiger partial charge in [0.25, 0.3) is 5.91 Å². The third-order valence-electron chi connectivity index (χ3n) is 4.72. The molecule has 0 unspecified atom stereocenters. The number of aryl methyl sites for hydroxylation is 1. The van der Waals surface area contributed by atoms with Crippen molar-refractivity contribution in [1.29, 1.82) is 0 Å². The molecule has 1 amide bonds. The Hall–Kier alpha value is -3.10. The highest BCUT2D eigenvalue weighted by molar-refractivity contribution is 7.15. The predicted molar refractivity (Wildman–Crippen MR) is 119 cm³/mol. The lowest BCUT2D eigenvalue weighted by Gasteiger charge is -2.08. The molecule has 4 rings (SSSR count). The minimum Gasteiger partial charge on any atom is -0.464 e. The summed E-state index contributed by atoms with van der Waals surface area (Å²) in [6, 6.07) is 10.3. The summed E-state index contributed by atoms with van der Waals surface area (Å²) in [4.78, 5) is 17.9. The van der Waals surface area contributed by atoms with Crippen LogP contribution < -0.4 is 10.1 Å². The van der Waals surface area contributed by atoms with Crippen LogP contribution in [0.15, 0.2) is 60.4 Å². The van der Waals surface area contributed by atoms with Crippen molar-refractivity contribution in [1.82, 2.24) is 4.98 Å². The summed E-state index contributed by atoms with van der Waals surface area (Å²) in [6.45, 7) is 1.76. The fourth-order valence-corrected chi connectivity index (χ4v) is 4.31. The van der Waals surface area contributed by atoms with Crippen molar-refractivity contribution in [2.24, 2.45) is 0 Å². The summed E-state index contributed by atoms with van der Waals surface area (Å²) in [5.74, 6) is 0.180. The van der Waals surface area contributed by atoms with E-state index in [1.54, 1.807) is 37.3 Å². The van der Waals surface area contributed by atoms with Gasteiger partial charge in [0, 0.05) is 27.5 Å². The fourth-order valence-electron chi connectivity index (χ4n) is 3.13. The minimum atomic E-state index is -4.40. The maximum Gasteiger partial charge on any atom is 0.416 e. The molecule has 1 aliphatic rings. The van der Waals surface area contributed by atoms with Gasteiger partial charge in [-0.2, -0.15) is 13.2 Å². The predicted octanol–water partition coefficient (Wildman–Crippen LogP) is 6.64. The number of aromatic nitrogens is 1. The lowest BCUT2D eigenvalue weighted by molar-refractivity contribution is -0.137. The Morgan fingerprint density at radius 1 is 1.22 bits per heavy atom. The first-order valence-electron chi connectivity index (χ1n) is 9.47. The average Bonchev–Trinajstić information content (AvgIpc) is 2.94. The molecule has 0 bridgehead atoms. The molecule has 2 heterocycles. The van der Waals surface area contributed by atoms with Crippen LogP contribution in [0.5, 0.6) is 5.75 Å². The molecule has 32 heavy (non-hydrogen) atoms. The van der Waals surface area contributed by atoms with E-state index in [0.717, 1.165) is 17.0 Å². The summed E-state index contributed by atoms with van der Waals surface area (Å²) in [5.41, 5.74) is 1.48. The van der Waals surface area contributed by atoms with Gasteiger partial charge in [-0.15, -0.1) is 11.3 Å². The number of nitrogens with zero attached hydrogens (tertiary/aromatic N) is 1. The molecule has 1 aromatic heterocycles. The molecule has 164 valence electrons. The van der Waals surface area contributed by atoms with Crippen LogP contribution in [-0.4, -0.2) is 10.9 Å². The van der Waals surface area contributed by atoms with Gasteiger partial charge in [-0.25, -0.2) is 4.98 Å². The number of hydrogen-bond donors (Lipinski definition) is 1. The van der Waals surface area contributed by atoms with Crippen LogP contribution in [-0.2, 0) is 17.4 Å². The van der Waals surface area contributed by atoms with E-state index >= 15 is 0 Å². The smallest absolute Gasteiger partial charge is 0.416 e. The van der Waals surface area contributed by atoms with E-state index in [0.29, 0.717) is 38.3 Å². The summed E-state index contributed by atoms with van der Waals surface area (Å²) < 4.78 is 44.4. The largest absolute Gasteiger partial charge is 0.464 e. The lowest BCUT2D eigenvalue weighted by Crippen LogP contribution is -2.12. The van der Waals surface area contributed by atoms with E-state index in [2.05, 4.69) is 10.3 Å². The summed E-state index contributed by atoms with van der Waals surface area (Å²) in [6.07, 6.45) is 0.491. The molecule has 0 saturated carbocycles. The molecule has 0 radical (unpaired) electrons. The average molecular weight is 477 g/mol. The fraction of sp³-hybridized carbons (Fsp3) is 0.130. The first-order valence-corrected chi connectivity index (χ1v) is 10.7. The highest BCUT2D eigenvalue weighted by atomic mass is 35.5. The third-order valence-corrected chi connectivity index (χ3v) is 6.03. The van der Waals surface area contributed by atoms with Crippen molar-refractivity contribution < 1.29 is 22.7 Å². The van der Waals surface area contributed by atoms with Crippen LogP contribution in [0.1, 0.15) is 27.3 Å². The zero-order valence-corrected chi connectivity index (χ0v) is 18.2. The number of amides is 1. The molecule has 0 aliphatic carbocycles. The monoisotopic (exact) mass is 476 g/mol. The van der Waals surface area contributed by atoms with Crippen molar-refractivity contribution >= 4 is 40.1 Å². The zero-order chi connectivity index (χ0) is 22.9. The molecule has 0 saturated heterocycles. The number of hydrogen-bond acceptors (Lipinski definition) is 4. The van der Waals surface area contributed by atoms with E-state index in [-0.39, 0.29) is 6.42 Å². The van der Waals surface area contributed by atoms with Crippen molar-refractivity contribution in [3.63, 3.8) is 0 Å². The molecule has 9 heteroatoms.